The van der Waals surface area contributed by atoms with Gasteiger partial charge in [-0.15, -0.1) is 10.2 Å². The van der Waals surface area contributed by atoms with Gasteiger partial charge in [-0.1, -0.05) is 24.6 Å². The lowest BCUT2D eigenvalue weighted by Crippen LogP contribution is -2.35. The van der Waals surface area contributed by atoms with E-state index in [9.17, 15) is 8.42 Å². The van der Waals surface area contributed by atoms with Crippen LogP contribution in [-0.4, -0.2) is 70.3 Å². The van der Waals surface area contributed by atoms with Crippen LogP contribution in [0.15, 0.2) is 30.6 Å². The summed E-state index contributed by atoms with van der Waals surface area (Å²) in [6.07, 6.45) is 5.19. The van der Waals surface area contributed by atoms with E-state index in [1.807, 2.05) is 6.92 Å². The van der Waals surface area contributed by atoms with Gasteiger partial charge in [0.2, 0.25) is 21.9 Å². The molecule has 4 atom stereocenters. The Morgan fingerprint density at radius 3 is 2.61 bits per heavy atom. The van der Waals surface area contributed by atoms with Gasteiger partial charge in [-0.05, 0) is 38.7 Å². The van der Waals surface area contributed by atoms with E-state index in [4.69, 9.17) is 25.8 Å². The molecule has 38 heavy (non-hydrogen) atoms. The molecular formula is C24H32ClN7O5S. The standard InChI is InChI=1S/C24H32ClN7O5S/c1-5-18(19-10-6-7-12-37-19)32-23(17-9-8-11-20(28-17)35-3)29-30-24(32)31-38(33,34)15(2)21(36-4)22-26-13-16(25)14-27-22/h8-9,11,13-15,18-19,21H,5-7,10,12H2,1-4H3,(H,30,31)/t15-,18+,19+,21-/m0/s1. The lowest BCUT2D eigenvalue weighted by atomic mass is 9.99. The van der Waals surface area contributed by atoms with E-state index >= 15 is 0 Å². The molecule has 0 aromatic carbocycles. The maximum atomic E-state index is 13.6. The summed E-state index contributed by atoms with van der Waals surface area (Å²) in [5.41, 5.74) is 0.494. The zero-order valence-electron chi connectivity index (χ0n) is 21.7. The van der Waals surface area contributed by atoms with Crippen molar-refractivity contribution in [3.8, 4) is 17.4 Å². The average molecular weight is 566 g/mol. The molecule has 0 unspecified atom stereocenters. The molecule has 1 aliphatic heterocycles. The van der Waals surface area contributed by atoms with E-state index < -0.39 is 21.4 Å². The summed E-state index contributed by atoms with van der Waals surface area (Å²) in [6, 6.07) is 5.05. The Hall–Kier alpha value is -2.87. The molecule has 0 saturated carbocycles. The van der Waals surface area contributed by atoms with Crippen LogP contribution in [0.25, 0.3) is 11.5 Å². The zero-order valence-corrected chi connectivity index (χ0v) is 23.3. The highest BCUT2D eigenvalue weighted by molar-refractivity contribution is 7.93. The Kier molecular flexibility index (Phi) is 9.13. The maximum Gasteiger partial charge on any atom is 0.240 e. The van der Waals surface area contributed by atoms with Crippen LogP contribution < -0.4 is 9.46 Å². The molecule has 206 valence electrons. The molecule has 0 amide bonds. The summed E-state index contributed by atoms with van der Waals surface area (Å²) < 4.78 is 48.5. The number of anilines is 1. The number of rotatable bonds is 11. The number of nitrogens with zero attached hydrogens (tertiary/aromatic N) is 6. The third kappa shape index (κ3) is 6.06. The second-order valence-electron chi connectivity index (χ2n) is 8.93. The van der Waals surface area contributed by atoms with E-state index in [-0.39, 0.29) is 23.9 Å². The Labute approximate surface area is 227 Å². The molecule has 1 saturated heterocycles. The third-order valence-corrected chi connectivity index (χ3v) is 8.44. The molecule has 0 spiro atoms. The summed E-state index contributed by atoms with van der Waals surface area (Å²) in [5.74, 6) is 1.06. The summed E-state index contributed by atoms with van der Waals surface area (Å²) in [5, 5.41) is 7.84. The van der Waals surface area contributed by atoms with Crippen LogP contribution in [0.2, 0.25) is 5.02 Å². The van der Waals surface area contributed by atoms with Gasteiger partial charge in [0.15, 0.2) is 11.6 Å². The predicted molar refractivity (Wildman–Crippen MR) is 142 cm³/mol. The molecule has 1 fully saturated rings. The number of halogens is 1. The Morgan fingerprint density at radius 1 is 1.21 bits per heavy atom. The minimum absolute atomic E-state index is 0.0596. The smallest absolute Gasteiger partial charge is 0.240 e. The number of methoxy groups -OCH3 is 2. The summed E-state index contributed by atoms with van der Waals surface area (Å²) >= 11 is 5.90. The highest BCUT2D eigenvalue weighted by atomic mass is 35.5. The molecule has 0 radical (unpaired) electrons. The van der Waals surface area contributed by atoms with Gasteiger partial charge in [-0.3, -0.25) is 9.29 Å². The molecule has 1 N–H and O–H groups in total. The van der Waals surface area contributed by atoms with Crippen molar-refractivity contribution in [1.29, 1.82) is 0 Å². The van der Waals surface area contributed by atoms with Gasteiger partial charge in [0.25, 0.3) is 0 Å². The maximum absolute atomic E-state index is 13.6. The Bertz CT molecular complexity index is 1320. The van der Waals surface area contributed by atoms with E-state index in [1.54, 1.807) is 22.8 Å². The van der Waals surface area contributed by atoms with Gasteiger partial charge in [-0.2, -0.15) is 0 Å². The van der Waals surface area contributed by atoms with Crippen molar-refractivity contribution in [3.63, 3.8) is 0 Å². The first kappa shape index (κ1) is 28.1. The van der Waals surface area contributed by atoms with Crippen molar-refractivity contribution in [2.75, 3.05) is 25.5 Å². The SMILES string of the molecule is CC[C@H]([C@H]1CCCCO1)n1c(NS(=O)(=O)[C@@H](C)[C@H](OC)c2ncc(Cl)cn2)nnc1-c1cccc(OC)n1. The van der Waals surface area contributed by atoms with Crippen LogP contribution in [0, 0.1) is 0 Å². The number of ether oxygens (including phenoxy) is 3. The number of pyridine rings is 1. The first-order chi connectivity index (χ1) is 18.3. The minimum atomic E-state index is -4.06. The molecule has 3 aromatic heterocycles. The van der Waals surface area contributed by atoms with Crippen molar-refractivity contribution in [2.24, 2.45) is 0 Å². The fourth-order valence-electron chi connectivity index (χ4n) is 4.54. The highest BCUT2D eigenvalue weighted by Crippen LogP contribution is 2.34. The summed E-state index contributed by atoms with van der Waals surface area (Å²) in [6.45, 7) is 4.18. The van der Waals surface area contributed by atoms with Crippen LogP contribution in [0.1, 0.15) is 57.5 Å². The van der Waals surface area contributed by atoms with Gasteiger partial charge >= 0.3 is 0 Å². The molecule has 4 heterocycles. The third-order valence-electron chi connectivity index (χ3n) is 6.55. The van der Waals surface area contributed by atoms with E-state index in [0.29, 0.717) is 35.4 Å². The Balaban J connectivity index is 1.73. The fraction of sp³-hybridized carbons (Fsp3) is 0.542. The predicted octanol–water partition coefficient (Wildman–Crippen LogP) is 3.83. The molecule has 1 aliphatic rings. The van der Waals surface area contributed by atoms with Crippen molar-refractivity contribution in [3.05, 3.63) is 41.4 Å². The van der Waals surface area contributed by atoms with Gasteiger partial charge in [0.1, 0.15) is 17.0 Å². The van der Waals surface area contributed by atoms with Crippen molar-refractivity contribution in [1.82, 2.24) is 29.7 Å². The average Bonchev–Trinajstić information content (AvgIpc) is 3.33. The molecule has 14 heteroatoms. The lowest BCUT2D eigenvalue weighted by molar-refractivity contribution is -0.0169. The van der Waals surface area contributed by atoms with Gasteiger partial charge in [-0.25, -0.2) is 23.4 Å². The van der Waals surface area contributed by atoms with Crippen molar-refractivity contribution in [2.45, 2.75) is 63.0 Å². The Morgan fingerprint density at radius 2 is 1.97 bits per heavy atom. The van der Waals surface area contributed by atoms with E-state index in [0.717, 1.165) is 19.3 Å². The molecule has 12 nitrogen and oxygen atoms in total. The monoisotopic (exact) mass is 565 g/mol. The second kappa shape index (κ2) is 12.3. The number of aromatic nitrogens is 6. The summed E-state index contributed by atoms with van der Waals surface area (Å²) in [4.78, 5) is 12.8. The lowest BCUT2D eigenvalue weighted by Gasteiger charge is -2.32. The fourth-order valence-corrected chi connectivity index (χ4v) is 5.78. The van der Waals surface area contributed by atoms with Crippen molar-refractivity contribution >= 4 is 27.6 Å². The quantitative estimate of drug-likeness (QED) is 0.364. The van der Waals surface area contributed by atoms with E-state index in [2.05, 4.69) is 29.9 Å². The molecule has 0 aliphatic carbocycles. The van der Waals surface area contributed by atoms with Gasteiger partial charge < -0.3 is 14.2 Å². The van der Waals surface area contributed by atoms with Crippen LogP contribution in [0.3, 0.4) is 0 Å². The largest absolute Gasteiger partial charge is 0.481 e. The minimum Gasteiger partial charge on any atom is -0.481 e. The zero-order chi connectivity index (χ0) is 27.3. The normalized spacial score (nSPS) is 18.5. The van der Waals surface area contributed by atoms with Crippen LogP contribution >= 0.6 is 11.6 Å². The summed E-state index contributed by atoms with van der Waals surface area (Å²) in [7, 11) is -1.13. The van der Waals surface area contributed by atoms with E-state index in [1.165, 1.54) is 33.5 Å². The molecule has 4 rings (SSSR count). The van der Waals surface area contributed by atoms with Gasteiger partial charge in [0.05, 0.1) is 24.3 Å². The first-order valence-corrected chi connectivity index (χ1v) is 14.3. The first-order valence-electron chi connectivity index (χ1n) is 12.4. The number of nitrogens with one attached hydrogen (secondary N) is 1. The van der Waals surface area contributed by atoms with Crippen LogP contribution in [0.4, 0.5) is 5.95 Å². The molecule has 3 aromatic rings. The van der Waals surface area contributed by atoms with Crippen molar-refractivity contribution < 1.29 is 22.6 Å². The second-order valence-corrected chi connectivity index (χ2v) is 11.4. The van der Waals surface area contributed by atoms with Gasteiger partial charge in [0, 0.05) is 32.2 Å². The number of hydrogen-bond acceptors (Lipinski definition) is 10. The van der Waals surface area contributed by atoms with Crippen LogP contribution in [0.5, 0.6) is 5.88 Å². The van der Waals surface area contributed by atoms with Crippen LogP contribution in [-0.2, 0) is 19.5 Å². The highest BCUT2D eigenvalue weighted by Gasteiger charge is 2.36. The number of sulfonamides is 1. The molecular weight excluding hydrogens is 534 g/mol. The topological polar surface area (TPSA) is 143 Å². The number of hydrogen-bond donors (Lipinski definition) is 1. The molecule has 0 bridgehead atoms.